The molecule has 1 N–H and O–H groups in total. The highest BCUT2D eigenvalue weighted by Crippen LogP contribution is 2.36. The van der Waals surface area contributed by atoms with E-state index < -0.39 is 41.0 Å². The van der Waals surface area contributed by atoms with E-state index in [2.05, 4.69) is 20.4 Å². The molecule has 6 nitrogen and oxygen atoms in total. The molecule has 0 fully saturated rings. The Balaban J connectivity index is 1.91. The molecule has 1 unspecified atom stereocenters. The van der Waals surface area contributed by atoms with Crippen LogP contribution in [-0.4, -0.2) is 30.9 Å². The number of hydrogen-bond donors (Lipinski definition) is 1. The number of thioether (sulfide) groups is 1. The van der Waals surface area contributed by atoms with Crippen molar-refractivity contribution in [2.24, 2.45) is 0 Å². The molecular weight excluding hydrogens is 484 g/mol. The van der Waals surface area contributed by atoms with E-state index in [4.69, 9.17) is 0 Å². The number of amides is 1. The van der Waals surface area contributed by atoms with Gasteiger partial charge in [0.1, 0.15) is 5.69 Å². The molecule has 13 heteroatoms. The minimum absolute atomic E-state index is 0.0363. The van der Waals surface area contributed by atoms with E-state index in [9.17, 15) is 31.1 Å². The highest BCUT2D eigenvalue weighted by Gasteiger charge is 2.37. The highest BCUT2D eigenvalue weighted by molar-refractivity contribution is 7.99. The fourth-order valence-corrected chi connectivity index (χ4v) is 3.83. The zero-order valence-corrected chi connectivity index (χ0v) is 18.9. The van der Waals surface area contributed by atoms with Crippen LogP contribution in [0.5, 0.6) is 0 Å². The lowest BCUT2D eigenvalue weighted by atomic mass is 10.0. The molecule has 0 radical (unpaired) electrons. The smallest absolute Gasteiger partial charge is 0.344 e. The summed E-state index contributed by atoms with van der Waals surface area (Å²) in [6.07, 6.45) is -4.06. The molecule has 34 heavy (non-hydrogen) atoms. The van der Waals surface area contributed by atoms with E-state index in [0.717, 1.165) is 4.90 Å². The van der Waals surface area contributed by atoms with Crippen molar-refractivity contribution in [3.8, 4) is 5.82 Å². The van der Waals surface area contributed by atoms with Crippen molar-refractivity contribution in [3.63, 3.8) is 0 Å². The minimum atomic E-state index is -5.06. The maximum atomic E-state index is 13.1. The van der Waals surface area contributed by atoms with Gasteiger partial charge in [-0.25, -0.2) is 9.67 Å². The van der Waals surface area contributed by atoms with Gasteiger partial charge in [0.25, 0.3) is 5.91 Å². The molecule has 0 aliphatic heterocycles. The van der Waals surface area contributed by atoms with Crippen LogP contribution >= 0.6 is 11.8 Å². The van der Waals surface area contributed by atoms with Crippen molar-refractivity contribution < 1.29 is 31.1 Å². The summed E-state index contributed by atoms with van der Waals surface area (Å²) in [4.78, 5) is 21.9. The molecule has 0 spiro atoms. The van der Waals surface area contributed by atoms with E-state index in [1.807, 2.05) is 13.8 Å². The van der Waals surface area contributed by atoms with Crippen LogP contribution in [0.1, 0.15) is 54.0 Å². The molecule has 3 rings (SSSR count). The van der Waals surface area contributed by atoms with Crippen molar-refractivity contribution in [2.75, 3.05) is 0 Å². The van der Waals surface area contributed by atoms with Gasteiger partial charge in [-0.1, -0.05) is 13.8 Å². The lowest BCUT2D eigenvalue weighted by molar-refractivity contribution is -0.143. The molecule has 0 saturated carbocycles. The Bertz CT molecular complexity index is 1140. The lowest BCUT2D eigenvalue weighted by Gasteiger charge is -2.18. The number of nitrogens with zero attached hydrogens (tertiary/aromatic N) is 4. The van der Waals surface area contributed by atoms with Crippen LogP contribution in [0.15, 0.2) is 47.9 Å². The fraction of sp³-hybridized carbons (Fsp3) is 0.333. The van der Waals surface area contributed by atoms with Crippen LogP contribution in [0.2, 0.25) is 0 Å². The second-order valence-corrected chi connectivity index (χ2v) is 9.19. The first-order chi connectivity index (χ1) is 15.8. The summed E-state index contributed by atoms with van der Waals surface area (Å²) in [5, 5.41) is 6.92. The largest absolute Gasteiger partial charge is 0.416 e. The normalized spacial score (nSPS) is 13.2. The number of aromatic nitrogens is 4. The van der Waals surface area contributed by atoms with Crippen LogP contribution in [0.3, 0.4) is 0 Å². The van der Waals surface area contributed by atoms with E-state index in [0.29, 0.717) is 17.4 Å². The van der Waals surface area contributed by atoms with Crippen molar-refractivity contribution >= 4 is 17.7 Å². The van der Waals surface area contributed by atoms with Gasteiger partial charge in [0.2, 0.25) is 0 Å². The van der Waals surface area contributed by atoms with E-state index in [1.54, 1.807) is 24.2 Å². The van der Waals surface area contributed by atoms with Gasteiger partial charge in [0.15, 0.2) is 5.82 Å². The molecular formula is C21H19F6N5OS. The number of carbonyl (C=O) groups excluding carboxylic acids is 1. The Hall–Kier alpha value is -3.09. The quantitative estimate of drug-likeness (QED) is 0.346. The Morgan fingerprint density at radius 3 is 2.12 bits per heavy atom. The lowest BCUT2D eigenvalue weighted by Crippen LogP contribution is -2.29. The van der Waals surface area contributed by atoms with E-state index in [-0.39, 0.29) is 17.6 Å². The second kappa shape index (κ2) is 9.65. The monoisotopic (exact) mass is 503 g/mol. The van der Waals surface area contributed by atoms with Gasteiger partial charge in [-0.15, -0.1) is 11.8 Å². The number of nitrogens with one attached hydrogen (secondary N) is 1. The molecule has 1 aromatic carbocycles. The number of hydrogen-bond acceptors (Lipinski definition) is 5. The van der Waals surface area contributed by atoms with Crippen LogP contribution in [0, 0.1) is 0 Å². The summed E-state index contributed by atoms with van der Waals surface area (Å²) in [7, 11) is 0. The van der Waals surface area contributed by atoms with Crippen LogP contribution in [0.4, 0.5) is 26.3 Å². The average molecular weight is 503 g/mol. The molecule has 0 aliphatic carbocycles. The Morgan fingerprint density at radius 2 is 1.56 bits per heavy atom. The molecule has 2 heterocycles. The number of carbonyl (C=O) groups is 1. The third kappa shape index (κ3) is 6.07. The second-order valence-electron chi connectivity index (χ2n) is 7.54. The molecule has 0 aliphatic rings. The van der Waals surface area contributed by atoms with E-state index >= 15 is 0 Å². The van der Waals surface area contributed by atoms with Gasteiger partial charge in [-0.3, -0.25) is 9.78 Å². The molecule has 1 amide bonds. The van der Waals surface area contributed by atoms with Crippen LogP contribution in [-0.2, 0) is 12.4 Å². The van der Waals surface area contributed by atoms with Crippen molar-refractivity contribution in [3.05, 3.63) is 65.4 Å². The third-order valence-corrected chi connectivity index (χ3v) is 5.42. The zero-order chi connectivity index (χ0) is 25.3. The summed E-state index contributed by atoms with van der Waals surface area (Å²) >= 11 is 1.56. The SMILES string of the molecule is CC(C)Sc1cnn(-c2nccnc2C(C)NC(=O)c2cc(C(F)(F)F)cc(C(F)(F)F)c2)c1. The van der Waals surface area contributed by atoms with Crippen LogP contribution < -0.4 is 5.32 Å². The number of alkyl halides is 6. The minimum Gasteiger partial charge on any atom is -0.344 e. The summed E-state index contributed by atoms with van der Waals surface area (Å²) in [5.74, 6) is -0.872. The Kier molecular flexibility index (Phi) is 7.24. The van der Waals surface area contributed by atoms with Gasteiger partial charge in [-0.05, 0) is 25.1 Å². The van der Waals surface area contributed by atoms with Crippen molar-refractivity contribution in [1.82, 2.24) is 25.1 Å². The molecule has 182 valence electrons. The summed E-state index contributed by atoms with van der Waals surface area (Å²) in [6, 6.07) is -0.202. The van der Waals surface area contributed by atoms with Crippen LogP contribution in [0.25, 0.3) is 5.82 Å². The molecule has 2 aromatic heterocycles. The molecule has 3 aromatic rings. The topological polar surface area (TPSA) is 72.7 Å². The van der Waals surface area contributed by atoms with Gasteiger partial charge < -0.3 is 5.32 Å². The predicted molar refractivity (Wildman–Crippen MR) is 112 cm³/mol. The van der Waals surface area contributed by atoms with Gasteiger partial charge in [0.05, 0.1) is 23.4 Å². The first-order valence-corrected chi connectivity index (χ1v) is 10.8. The summed E-state index contributed by atoms with van der Waals surface area (Å²) in [5.41, 5.74) is -3.71. The first-order valence-electron chi connectivity index (χ1n) is 9.88. The maximum Gasteiger partial charge on any atom is 0.416 e. The summed E-state index contributed by atoms with van der Waals surface area (Å²) < 4.78 is 80.2. The molecule has 0 saturated heterocycles. The zero-order valence-electron chi connectivity index (χ0n) is 18.1. The van der Waals surface area contributed by atoms with Crippen molar-refractivity contribution in [2.45, 2.75) is 49.3 Å². The third-order valence-electron chi connectivity index (χ3n) is 4.46. The van der Waals surface area contributed by atoms with Gasteiger partial charge >= 0.3 is 12.4 Å². The first kappa shape index (κ1) is 25.5. The maximum absolute atomic E-state index is 13.1. The summed E-state index contributed by atoms with van der Waals surface area (Å²) in [6.45, 7) is 5.49. The average Bonchev–Trinajstić information content (AvgIpc) is 3.19. The fourth-order valence-electron chi connectivity index (χ4n) is 3.01. The molecule has 1 atom stereocenters. The number of halogens is 6. The number of benzene rings is 1. The van der Waals surface area contributed by atoms with Crippen molar-refractivity contribution in [1.29, 1.82) is 0 Å². The van der Waals surface area contributed by atoms with Gasteiger partial charge in [-0.2, -0.15) is 31.4 Å². The van der Waals surface area contributed by atoms with E-state index in [1.165, 1.54) is 24.0 Å². The number of rotatable bonds is 6. The van der Waals surface area contributed by atoms with Gasteiger partial charge in [0, 0.05) is 34.3 Å². The highest BCUT2D eigenvalue weighted by atomic mass is 32.2. The predicted octanol–water partition coefficient (Wildman–Crippen LogP) is 5.69. The Morgan fingerprint density at radius 1 is 0.971 bits per heavy atom. The standard InChI is InChI=1S/C21H19F6N5OS/c1-11(2)34-16-9-30-32(10-16)18-17(28-4-5-29-18)12(3)31-19(33)13-6-14(20(22,23)24)8-15(7-13)21(25,26)27/h4-12H,1-3H3,(H,31,33). The Labute approximate surface area is 194 Å². The molecule has 0 bridgehead atoms.